The molecular weight excluding hydrogens is 290 g/mol. The second-order valence-corrected chi connectivity index (χ2v) is 7.96. The van der Waals surface area contributed by atoms with Crippen LogP contribution in [0.4, 0.5) is 0 Å². The second-order valence-electron chi connectivity index (χ2n) is 7.96. The standard InChI is InChI=1S/C18H27N3O2/c1-13-16(14(2)23-19-13)17(22)21-9-7-18(12-21)6-3-8-20(11-18)10-15-4-5-15/h15H,3-12H2,1-2H3/t18-/m1/s1. The number of hydrogen-bond acceptors (Lipinski definition) is 4. The Morgan fingerprint density at radius 2 is 2.09 bits per heavy atom. The molecule has 23 heavy (non-hydrogen) atoms. The Hall–Kier alpha value is -1.36. The van der Waals surface area contributed by atoms with Gasteiger partial charge in [-0.15, -0.1) is 0 Å². The Labute approximate surface area is 138 Å². The highest BCUT2D eigenvalue weighted by Gasteiger charge is 2.44. The van der Waals surface area contributed by atoms with E-state index in [1.807, 2.05) is 18.7 Å². The molecule has 1 amide bonds. The van der Waals surface area contributed by atoms with Crippen molar-refractivity contribution >= 4 is 5.91 Å². The van der Waals surface area contributed by atoms with Gasteiger partial charge in [-0.05, 0) is 58.4 Å². The summed E-state index contributed by atoms with van der Waals surface area (Å²) >= 11 is 0. The summed E-state index contributed by atoms with van der Waals surface area (Å²) in [5.41, 5.74) is 1.71. The molecule has 5 heteroatoms. The molecular formula is C18H27N3O2. The van der Waals surface area contributed by atoms with Gasteiger partial charge in [-0.2, -0.15) is 0 Å². The average molecular weight is 317 g/mol. The van der Waals surface area contributed by atoms with Crippen LogP contribution in [-0.2, 0) is 0 Å². The molecule has 3 heterocycles. The number of carbonyl (C=O) groups excluding carboxylic acids is 1. The van der Waals surface area contributed by atoms with Crippen molar-refractivity contribution in [3.63, 3.8) is 0 Å². The molecule has 2 saturated heterocycles. The van der Waals surface area contributed by atoms with Gasteiger partial charge in [0.05, 0.1) is 5.69 Å². The highest BCUT2D eigenvalue weighted by atomic mass is 16.5. The molecule has 0 unspecified atom stereocenters. The van der Waals surface area contributed by atoms with Crippen LogP contribution in [0.2, 0.25) is 0 Å². The number of aryl methyl sites for hydroxylation is 2. The smallest absolute Gasteiger partial charge is 0.259 e. The maximum Gasteiger partial charge on any atom is 0.259 e. The third-order valence-corrected chi connectivity index (χ3v) is 5.93. The Kier molecular flexibility index (Phi) is 3.71. The molecule has 1 spiro atoms. The number of aromatic nitrogens is 1. The number of hydrogen-bond donors (Lipinski definition) is 0. The molecule has 1 aliphatic carbocycles. The second kappa shape index (κ2) is 5.62. The molecule has 1 aromatic rings. The highest BCUT2D eigenvalue weighted by molar-refractivity contribution is 5.96. The number of rotatable bonds is 3. The van der Waals surface area contributed by atoms with Crippen molar-refractivity contribution in [3.05, 3.63) is 17.0 Å². The number of carbonyl (C=O) groups is 1. The van der Waals surface area contributed by atoms with Gasteiger partial charge >= 0.3 is 0 Å². The van der Waals surface area contributed by atoms with Crippen LogP contribution < -0.4 is 0 Å². The fourth-order valence-corrected chi connectivity index (χ4v) is 4.52. The first-order valence-electron chi connectivity index (χ1n) is 9.01. The van der Waals surface area contributed by atoms with Gasteiger partial charge in [-0.25, -0.2) is 0 Å². The van der Waals surface area contributed by atoms with Crippen LogP contribution in [0.25, 0.3) is 0 Å². The van der Waals surface area contributed by atoms with E-state index in [2.05, 4.69) is 10.1 Å². The summed E-state index contributed by atoms with van der Waals surface area (Å²) in [6.07, 6.45) is 6.52. The van der Waals surface area contributed by atoms with E-state index in [0.717, 1.165) is 25.4 Å². The van der Waals surface area contributed by atoms with Crippen molar-refractivity contribution in [2.45, 2.75) is 46.0 Å². The van der Waals surface area contributed by atoms with E-state index >= 15 is 0 Å². The Morgan fingerprint density at radius 1 is 1.26 bits per heavy atom. The quantitative estimate of drug-likeness (QED) is 0.860. The number of piperidine rings is 1. The van der Waals surface area contributed by atoms with Crippen LogP contribution in [0, 0.1) is 25.2 Å². The zero-order valence-electron chi connectivity index (χ0n) is 14.3. The summed E-state index contributed by atoms with van der Waals surface area (Å²) in [7, 11) is 0. The fourth-order valence-electron chi connectivity index (χ4n) is 4.52. The lowest BCUT2D eigenvalue weighted by atomic mass is 9.79. The lowest BCUT2D eigenvalue weighted by Crippen LogP contribution is -2.46. The molecule has 1 atom stereocenters. The predicted octanol–water partition coefficient (Wildman–Crippen LogP) is 2.63. The van der Waals surface area contributed by atoms with Gasteiger partial charge in [-0.1, -0.05) is 5.16 Å². The molecule has 1 saturated carbocycles. The molecule has 0 aromatic carbocycles. The Bertz CT molecular complexity index is 588. The third-order valence-electron chi connectivity index (χ3n) is 5.93. The van der Waals surface area contributed by atoms with Crippen molar-refractivity contribution in [1.82, 2.24) is 15.0 Å². The Balaban J connectivity index is 1.44. The van der Waals surface area contributed by atoms with Crippen molar-refractivity contribution < 1.29 is 9.32 Å². The third kappa shape index (κ3) is 2.91. The van der Waals surface area contributed by atoms with E-state index in [-0.39, 0.29) is 5.91 Å². The molecule has 1 aromatic heterocycles. The molecule has 0 bridgehead atoms. The van der Waals surface area contributed by atoms with Gasteiger partial charge in [0.1, 0.15) is 11.3 Å². The lowest BCUT2D eigenvalue weighted by molar-refractivity contribution is 0.0679. The van der Waals surface area contributed by atoms with Gasteiger partial charge in [0, 0.05) is 31.6 Å². The SMILES string of the molecule is Cc1noc(C)c1C(=O)N1CC[C@@]2(CCCN(CC3CC3)C2)C1. The largest absolute Gasteiger partial charge is 0.361 e. The van der Waals surface area contributed by atoms with Crippen molar-refractivity contribution in [3.8, 4) is 0 Å². The topological polar surface area (TPSA) is 49.6 Å². The summed E-state index contributed by atoms with van der Waals surface area (Å²) in [5, 5.41) is 3.93. The summed E-state index contributed by atoms with van der Waals surface area (Å²) in [4.78, 5) is 17.5. The van der Waals surface area contributed by atoms with E-state index < -0.39 is 0 Å². The van der Waals surface area contributed by atoms with E-state index in [9.17, 15) is 4.79 Å². The van der Waals surface area contributed by atoms with Gasteiger partial charge < -0.3 is 14.3 Å². The molecule has 5 nitrogen and oxygen atoms in total. The van der Waals surface area contributed by atoms with Crippen LogP contribution in [0.1, 0.15) is 53.9 Å². The molecule has 3 aliphatic rings. The number of amides is 1. The number of nitrogens with zero attached hydrogens (tertiary/aromatic N) is 3. The van der Waals surface area contributed by atoms with Crippen molar-refractivity contribution in [1.29, 1.82) is 0 Å². The lowest BCUT2D eigenvalue weighted by Gasteiger charge is -2.40. The predicted molar refractivity (Wildman–Crippen MR) is 87.3 cm³/mol. The van der Waals surface area contributed by atoms with E-state index in [4.69, 9.17) is 4.52 Å². The summed E-state index contributed by atoms with van der Waals surface area (Å²) in [6, 6.07) is 0. The first-order chi connectivity index (χ1) is 11.1. The normalized spacial score (nSPS) is 28.7. The van der Waals surface area contributed by atoms with Crippen LogP contribution in [0.3, 0.4) is 0 Å². The Morgan fingerprint density at radius 3 is 2.78 bits per heavy atom. The van der Waals surface area contributed by atoms with Crippen LogP contribution in [0.15, 0.2) is 4.52 Å². The van der Waals surface area contributed by atoms with Crippen LogP contribution in [0.5, 0.6) is 0 Å². The summed E-state index contributed by atoms with van der Waals surface area (Å²) in [5.74, 6) is 1.71. The molecule has 126 valence electrons. The van der Waals surface area contributed by atoms with Crippen molar-refractivity contribution in [2.24, 2.45) is 11.3 Å². The van der Waals surface area contributed by atoms with Crippen LogP contribution in [-0.4, -0.2) is 53.6 Å². The van der Waals surface area contributed by atoms with E-state index in [1.54, 1.807) is 0 Å². The molecule has 0 radical (unpaired) electrons. The van der Waals surface area contributed by atoms with Gasteiger partial charge in [-0.3, -0.25) is 4.79 Å². The van der Waals surface area contributed by atoms with E-state index in [0.29, 0.717) is 22.4 Å². The van der Waals surface area contributed by atoms with Crippen LogP contribution >= 0.6 is 0 Å². The minimum Gasteiger partial charge on any atom is -0.361 e. The minimum absolute atomic E-state index is 0.109. The van der Waals surface area contributed by atoms with Crippen molar-refractivity contribution in [2.75, 3.05) is 32.7 Å². The van der Waals surface area contributed by atoms with E-state index in [1.165, 1.54) is 45.3 Å². The first kappa shape index (κ1) is 15.2. The van der Waals surface area contributed by atoms with Gasteiger partial charge in [0.15, 0.2) is 0 Å². The summed E-state index contributed by atoms with van der Waals surface area (Å²) in [6.45, 7) is 9.16. The maximum atomic E-state index is 12.9. The molecule has 3 fully saturated rings. The minimum atomic E-state index is 0.109. The molecule has 4 rings (SSSR count). The zero-order chi connectivity index (χ0) is 16.0. The first-order valence-corrected chi connectivity index (χ1v) is 9.01. The summed E-state index contributed by atoms with van der Waals surface area (Å²) < 4.78 is 5.17. The zero-order valence-corrected chi connectivity index (χ0v) is 14.3. The fraction of sp³-hybridized carbons (Fsp3) is 0.778. The molecule has 2 aliphatic heterocycles. The van der Waals surface area contributed by atoms with Gasteiger partial charge in [0.2, 0.25) is 0 Å². The monoisotopic (exact) mass is 317 g/mol. The highest BCUT2D eigenvalue weighted by Crippen LogP contribution is 2.41. The maximum absolute atomic E-state index is 12.9. The average Bonchev–Trinajstić information content (AvgIpc) is 3.15. The van der Waals surface area contributed by atoms with Gasteiger partial charge in [0.25, 0.3) is 5.91 Å². The number of likely N-dealkylation sites (tertiary alicyclic amines) is 2. The molecule has 0 N–H and O–H groups in total.